The van der Waals surface area contributed by atoms with Crippen LogP contribution in [-0.2, 0) is 18.9 Å². The van der Waals surface area contributed by atoms with Crippen LogP contribution in [-0.4, -0.2) is 84.7 Å². The first-order valence-corrected chi connectivity index (χ1v) is 6.93. The second-order valence-corrected chi connectivity index (χ2v) is 5.30. The van der Waals surface area contributed by atoms with Crippen molar-refractivity contribution in [1.29, 1.82) is 0 Å². The van der Waals surface area contributed by atoms with Crippen LogP contribution in [0.4, 0.5) is 0 Å². The van der Waals surface area contributed by atoms with Gasteiger partial charge in [-0.1, -0.05) is 0 Å². The lowest BCUT2D eigenvalue weighted by molar-refractivity contribution is -0.254. The van der Waals surface area contributed by atoms with E-state index < -0.39 is 43.0 Å². The molecule has 2 rings (SSSR count). The van der Waals surface area contributed by atoms with Crippen molar-refractivity contribution in [2.75, 3.05) is 20.3 Å². The largest absolute Gasteiger partial charge is 0.394 e. The molecule has 2 aliphatic rings. The number of aliphatic hydroxyl groups is 3. The van der Waals surface area contributed by atoms with E-state index in [1.807, 2.05) is 0 Å². The second-order valence-electron chi connectivity index (χ2n) is 5.30. The Morgan fingerprint density at radius 1 is 1.24 bits per heavy atom. The molecule has 2 heterocycles. The number of nitrogens with two attached hydrogens (primary N) is 2. The van der Waals surface area contributed by atoms with E-state index in [2.05, 4.69) is 0 Å². The van der Waals surface area contributed by atoms with Crippen LogP contribution < -0.4 is 11.5 Å². The standard InChI is InChI=1S/C12H24N2O7/c1-18-12-9(17)10(7(4-15)20-12)21-11-8(14)6(16)2-5(3-13)19-11/h5-12,15-17H,2-4,13-14H2,1H3/t5-,6+,7-,8-,9-,10-,11-,12?/m1/s1. The highest BCUT2D eigenvalue weighted by Crippen LogP contribution is 2.28. The second kappa shape index (κ2) is 7.27. The molecule has 0 amide bonds. The fourth-order valence-corrected chi connectivity index (χ4v) is 2.59. The smallest absolute Gasteiger partial charge is 0.186 e. The van der Waals surface area contributed by atoms with E-state index in [1.165, 1.54) is 7.11 Å². The van der Waals surface area contributed by atoms with Gasteiger partial charge in [-0.05, 0) is 0 Å². The normalized spacial score (nSPS) is 47.7. The summed E-state index contributed by atoms with van der Waals surface area (Å²) in [7, 11) is 1.38. The third-order valence-electron chi connectivity index (χ3n) is 3.85. The SMILES string of the molecule is COC1O[C@H](CO)[C@@H](O[C@H]2O[C@@H](CN)C[C@H](O)[C@H]2N)[C@H]1O. The maximum atomic E-state index is 10.1. The van der Waals surface area contributed by atoms with Crippen molar-refractivity contribution in [2.24, 2.45) is 11.5 Å². The van der Waals surface area contributed by atoms with E-state index in [0.29, 0.717) is 6.42 Å². The van der Waals surface area contributed by atoms with Crippen LogP contribution in [0.1, 0.15) is 6.42 Å². The zero-order chi connectivity index (χ0) is 15.6. The molecule has 0 saturated carbocycles. The number of ether oxygens (including phenoxy) is 4. The Labute approximate surface area is 122 Å². The molecule has 0 aliphatic carbocycles. The highest BCUT2D eigenvalue weighted by molar-refractivity contribution is 4.91. The molecular weight excluding hydrogens is 284 g/mol. The summed E-state index contributed by atoms with van der Waals surface area (Å²) in [6.07, 6.45) is -5.46. The van der Waals surface area contributed by atoms with Gasteiger partial charge in [0.05, 0.1) is 24.9 Å². The number of hydrogen-bond donors (Lipinski definition) is 5. The highest BCUT2D eigenvalue weighted by Gasteiger charge is 2.48. The molecule has 2 aliphatic heterocycles. The predicted octanol–water partition coefficient (Wildman–Crippen LogP) is -3.14. The summed E-state index contributed by atoms with van der Waals surface area (Å²) in [4.78, 5) is 0. The van der Waals surface area contributed by atoms with E-state index in [9.17, 15) is 15.3 Å². The first-order valence-electron chi connectivity index (χ1n) is 6.93. The first kappa shape index (κ1) is 17.0. The van der Waals surface area contributed by atoms with Gasteiger partial charge in [0.1, 0.15) is 18.3 Å². The summed E-state index contributed by atoms with van der Waals surface area (Å²) < 4.78 is 21.5. The van der Waals surface area contributed by atoms with Gasteiger partial charge in [0, 0.05) is 20.1 Å². The Kier molecular flexibility index (Phi) is 5.88. The monoisotopic (exact) mass is 308 g/mol. The third-order valence-corrected chi connectivity index (χ3v) is 3.85. The van der Waals surface area contributed by atoms with Crippen LogP contribution in [0.5, 0.6) is 0 Å². The molecule has 8 atom stereocenters. The topological polar surface area (TPSA) is 150 Å². The highest BCUT2D eigenvalue weighted by atomic mass is 16.7. The Morgan fingerprint density at radius 2 is 1.95 bits per heavy atom. The molecule has 2 fully saturated rings. The Bertz CT molecular complexity index is 333. The van der Waals surface area contributed by atoms with Gasteiger partial charge >= 0.3 is 0 Å². The number of hydrogen-bond acceptors (Lipinski definition) is 9. The lowest BCUT2D eigenvalue weighted by Crippen LogP contribution is -2.57. The van der Waals surface area contributed by atoms with Crippen LogP contribution in [0.15, 0.2) is 0 Å². The van der Waals surface area contributed by atoms with E-state index in [-0.39, 0.29) is 19.3 Å². The Balaban J connectivity index is 2.04. The first-order chi connectivity index (χ1) is 10.0. The summed E-state index contributed by atoms with van der Waals surface area (Å²) in [5.41, 5.74) is 11.4. The van der Waals surface area contributed by atoms with Gasteiger partial charge < -0.3 is 45.7 Å². The van der Waals surface area contributed by atoms with Gasteiger partial charge in [0.15, 0.2) is 12.6 Å². The van der Waals surface area contributed by atoms with Gasteiger partial charge in [-0.3, -0.25) is 0 Å². The zero-order valence-electron chi connectivity index (χ0n) is 11.9. The number of methoxy groups -OCH3 is 1. The molecule has 1 unspecified atom stereocenters. The van der Waals surface area contributed by atoms with Crippen molar-refractivity contribution in [3.8, 4) is 0 Å². The van der Waals surface area contributed by atoms with E-state index in [0.717, 1.165) is 0 Å². The molecular formula is C12H24N2O7. The quantitative estimate of drug-likeness (QED) is 0.355. The van der Waals surface area contributed by atoms with E-state index in [4.69, 9.17) is 30.4 Å². The molecule has 7 N–H and O–H groups in total. The predicted molar refractivity (Wildman–Crippen MR) is 70.0 cm³/mol. The van der Waals surface area contributed by atoms with Crippen LogP contribution in [0.3, 0.4) is 0 Å². The molecule has 124 valence electrons. The van der Waals surface area contributed by atoms with E-state index in [1.54, 1.807) is 0 Å². The molecule has 9 nitrogen and oxygen atoms in total. The van der Waals surface area contributed by atoms with E-state index >= 15 is 0 Å². The molecule has 0 radical (unpaired) electrons. The van der Waals surface area contributed by atoms with Crippen molar-refractivity contribution >= 4 is 0 Å². The van der Waals surface area contributed by atoms with Crippen molar-refractivity contribution in [3.05, 3.63) is 0 Å². The summed E-state index contributed by atoms with van der Waals surface area (Å²) in [5, 5.41) is 29.3. The molecule has 0 spiro atoms. The Morgan fingerprint density at radius 3 is 2.52 bits per heavy atom. The molecule has 21 heavy (non-hydrogen) atoms. The molecule has 2 saturated heterocycles. The third kappa shape index (κ3) is 3.52. The minimum atomic E-state index is -1.10. The molecule has 0 aromatic rings. The van der Waals surface area contributed by atoms with Crippen molar-refractivity contribution in [3.63, 3.8) is 0 Å². The van der Waals surface area contributed by atoms with Gasteiger partial charge in [-0.2, -0.15) is 0 Å². The lowest BCUT2D eigenvalue weighted by atomic mass is 10.0. The minimum absolute atomic E-state index is 0.220. The zero-order valence-corrected chi connectivity index (χ0v) is 11.9. The van der Waals surface area contributed by atoms with Crippen LogP contribution in [0.25, 0.3) is 0 Å². The molecule has 0 bridgehead atoms. The lowest BCUT2D eigenvalue weighted by Gasteiger charge is -2.39. The maximum absolute atomic E-state index is 10.1. The Hall–Kier alpha value is -0.360. The summed E-state index contributed by atoms with van der Waals surface area (Å²) in [6, 6.07) is -0.777. The van der Waals surface area contributed by atoms with Crippen LogP contribution >= 0.6 is 0 Å². The average Bonchev–Trinajstić information content (AvgIpc) is 2.79. The fraction of sp³-hybridized carbons (Fsp3) is 1.00. The van der Waals surface area contributed by atoms with Crippen molar-refractivity contribution in [1.82, 2.24) is 0 Å². The number of aliphatic hydroxyl groups excluding tert-OH is 3. The summed E-state index contributed by atoms with van der Waals surface area (Å²) >= 11 is 0. The fourth-order valence-electron chi connectivity index (χ4n) is 2.59. The minimum Gasteiger partial charge on any atom is -0.394 e. The molecule has 0 aromatic heterocycles. The van der Waals surface area contributed by atoms with Crippen LogP contribution in [0.2, 0.25) is 0 Å². The van der Waals surface area contributed by atoms with Gasteiger partial charge in [0.25, 0.3) is 0 Å². The van der Waals surface area contributed by atoms with Gasteiger partial charge in [0.2, 0.25) is 0 Å². The van der Waals surface area contributed by atoms with Crippen molar-refractivity contribution < 1.29 is 34.3 Å². The molecule has 0 aromatic carbocycles. The molecule has 9 heteroatoms. The average molecular weight is 308 g/mol. The van der Waals surface area contributed by atoms with Gasteiger partial charge in [-0.25, -0.2) is 0 Å². The summed E-state index contributed by atoms with van der Waals surface area (Å²) in [5.74, 6) is 0. The summed E-state index contributed by atoms with van der Waals surface area (Å²) in [6.45, 7) is -0.135. The number of rotatable bonds is 5. The van der Waals surface area contributed by atoms with Crippen LogP contribution in [0, 0.1) is 0 Å². The van der Waals surface area contributed by atoms with Crippen molar-refractivity contribution in [2.45, 2.75) is 55.6 Å². The van der Waals surface area contributed by atoms with Gasteiger partial charge in [-0.15, -0.1) is 0 Å². The maximum Gasteiger partial charge on any atom is 0.186 e.